The van der Waals surface area contributed by atoms with Crippen LogP contribution < -0.4 is 38.9 Å². The van der Waals surface area contributed by atoms with E-state index in [4.69, 9.17) is 22.9 Å². The highest BCUT2D eigenvalue weighted by atomic mass is 32.1. The Bertz CT molecular complexity index is 777. The van der Waals surface area contributed by atoms with E-state index in [2.05, 4.69) is 33.6 Å². The second kappa shape index (κ2) is 16.5. The van der Waals surface area contributed by atoms with Gasteiger partial charge in [-0.3, -0.25) is 24.2 Å². The number of primary amides is 1. The molecule has 5 unspecified atom stereocenters. The van der Waals surface area contributed by atoms with Crippen LogP contribution in [0.25, 0.3) is 0 Å². The van der Waals surface area contributed by atoms with Crippen molar-refractivity contribution in [2.75, 3.05) is 12.3 Å². The first-order valence-corrected chi connectivity index (χ1v) is 11.8. The van der Waals surface area contributed by atoms with E-state index in [-0.39, 0.29) is 43.4 Å². The Morgan fingerprint density at radius 1 is 0.943 bits per heavy atom. The maximum atomic E-state index is 13.1. The maximum absolute atomic E-state index is 13.1. The molecular formula is C20H38N8O6S. The maximum Gasteiger partial charge on any atom is 0.327 e. The normalized spacial score (nSPS) is 15.0. The minimum absolute atomic E-state index is 0.0122. The molecule has 14 nitrogen and oxygen atoms in total. The van der Waals surface area contributed by atoms with Gasteiger partial charge in [0.2, 0.25) is 23.6 Å². The van der Waals surface area contributed by atoms with E-state index in [1.807, 2.05) is 0 Å². The minimum atomic E-state index is -1.27. The number of rotatable bonds is 17. The molecule has 0 aromatic rings. The molecule has 200 valence electrons. The summed E-state index contributed by atoms with van der Waals surface area (Å²) in [4.78, 5) is 64.4. The molecule has 12 N–H and O–H groups in total. The van der Waals surface area contributed by atoms with Gasteiger partial charge in [-0.2, -0.15) is 12.6 Å². The lowest BCUT2D eigenvalue weighted by atomic mass is 9.97. The van der Waals surface area contributed by atoms with Crippen LogP contribution in [0.4, 0.5) is 0 Å². The lowest BCUT2D eigenvalue weighted by Crippen LogP contribution is -2.58. The fourth-order valence-electron chi connectivity index (χ4n) is 2.88. The number of carboxylic acids is 1. The summed E-state index contributed by atoms with van der Waals surface area (Å²) in [6, 6.07) is -4.51. The van der Waals surface area contributed by atoms with E-state index in [1.165, 1.54) is 0 Å². The number of nitrogens with zero attached hydrogens (tertiary/aromatic N) is 1. The predicted octanol–water partition coefficient (Wildman–Crippen LogP) is -2.85. The number of amides is 4. The number of guanidine groups is 1. The highest BCUT2D eigenvalue weighted by molar-refractivity contribution is 7.80. The Morgan fingerprint density at radius 3 is 2.03 bits per heavy atom. The molecule has 0 saturated heterocycles. The van der Waals surface area contributed by atoms with Crippen LogP contribution in [0.3, 0.4) is 0 Å². The van der Waals surface area contributed by atoms with Crippen molar-refractivity contribution >= 4 is 48.2 Å². The first-order chi connectivity index (χ1) is 16.3. The van der Waals surface area contributed by atoms with Crippen LogP contribution in [0.5, 0.6) is 0 Å². The third kappa shape index (κ3) is 12.8. The molecular weight excluding hydrogens is 480 g/mol. The topological polar surface area (TPSA) is 258 Å². The largest absolute Gasteiger partial charge is 0.480 e. The van der Waals surface area contributed by atoms with Crippen molar-refractivity contribution in [2.24, 2.45) is 33.8 Å². The van der Waals surface area contributed by atoms with E-state index >= 15 is 0 Å². The second-order valence-corrected chi connectivity index (χ2v) is 8.44. The standard InChI is InChI=1S/C20H38N8O6S/c1-3-10(2)15(18(32)27-13(9-35)19(33)34)28-17(31)12(5-4-8-25-20(23)24)26-16(30)11(21)6-7-14(22)29/h10-13,15,35H,3-9,21H2,1-2H3,(H2,22,29)(H,26,30)(H,27,32)(H,28,31)(H,33,34)(H4,23,24,25). The molecule has 0 fully saturated rings. The zero-order chi connectivity index (χ0) is 27.1. The van der Waals surface area contributed by atoms with Crippen molar-refractivity contribution in [1.82, 2.24) is 16.0 Å². The third-order valence-electron chi connectivity index (χ3n) is 5.21. The summed E-state index contributed by atoms with van der Waals surface area (Å²) in [6.45, 7) is 3.71. The monoisotopic (exact) mass is 518 g/mol. The van der Waals surface area contributed by atoms with E-state index < -0.39 is 53.8 Å². The van der Waals surface area contributed by atoms with Gasteiger partial charge in [0.25, 0.3) is 0 Å². The van der Waals surface area contributed by atoms with Crippen LogP contribution in [0.1, 0.15) is 46.0 Å². The molecule has 0 heterocycles. The first-order valence-electron chi connectivity index (χ1n) is 11.2. The van der Waals surface area contributed by atoms with Gasteiger partial charge in [-0.25, -0.2) is 4.79 Å². The number of hydrogen-bond acceptors (Lipinski definition) is 8. The summed E-state index contributed by atoms with van der Waals surface area (Å²) >= 11 is 3.92. The van der Waals surface area contributed by atoms with Crippen LogP contribution in [-0.2, 0) is 24.0 Å². The van der Waals surface area contributed by atoms with Gasteiger partial charge in [0, 0.05) is 18.7 Å². The van der Waals surface area contributed by atoms with E-state index in [9.17, 15) is 29.1 Å². The average molecular weight is 519 g/mol. The molecule has 4 amide bonds. The summed E-state index contributed by atoms with van der Waals surface area (Å²) in [5.41, 5.74) is 21.5. The van der Waals surface area contributed by atoms with E-state index in [0.717, 1.165) is 0 Å². The van der Waals surface area contributed by atoms with E-state index in [1.54, 1.807) is 13.8 Å². The number of carbonyl (C=O) groups excluding carboxylic acids is 4. The summed E-state index contributed by atoms with van der Waals surface area (Å²) in [5, 5.41) is 16.7. The first kappa shape index (κ1) is 31.9. The molecule has 0 aromatic heterocycles. The number of aliphatic carboxylic acids is 1. The summed E-state index contributed by atoms with van der Waals surface area (Å²) in [7, 11) is 0. The molecule has 0 aliphatic rings. The van der Waals surface area contributed by atoms with E-state index in [0.29, 0.717) is 12.8 Å². The van der Waals surface area contributed by atoms with Crippen LogP contribution in [-0.4, -0.2) is 77.1 Å². The van der Waals surface area contributed by atoms with Gasteiger partial charge < -0.3 is 44.0 Å². The number of hydrogen-bond donors (Lipinski definition) is 9. The van der Waals surface area contributed by atoms with Gasteiger partial charge >= 0.3 is 5.97 Å². The highest BCUT2D eigenvalue weighted by Crippen LogP contribution is 2.10. The van der Waals surface area contributed by atoms with Crippen molar-refractivity contribution in [2.45, 2.75) is 70.1 Å². The number of thiol groups is 1. The third-order valence-corrected chi connectivity index (χ3v) is 5.57. The van der Waals surface area contributed by atoms with Crippen molar-refractivity contribution in [3.8, 4) is 0 Å². The van der Waals surface area contributed by atoms with Crippen molar-refractivity contribution in [1.29, 1.82) is 0 Å². The quantitative estimate of drug-likeness (QED) is 0.0414. The number of carboxylic acid groups (broad SMARTS) is 1. The molecule has 0 spiro atoms. The fraction of sp³-hybridized carbons (Fsp3) is 0.700. The fourth-order valence-corrected chi connectivity index (χ4v) is 3.13. The highest BCUT2D eigenvalue weighted by Gasteiger charge is 2.32. The Hall–Kier alpha value is -3.07. The molecule has 35 heavy (non-hydrogen) atoms. The molecule has 0 aliphatic heterocycles. The van der Waals surface area contributed by atoms with Crippen LogP contribution in [0.15, 0.2) is 4.99 Å². The van der Waals surface area contributed by atoms with Gasteiger partial charge in [-0.15, -0.1) is 0 Å². The summed E-state index contributed by atoms with van der Waals surface area (Å²) in [6.07, 6.45) is 0.800. The van der Waals surface area contributed by atoms with Crippen molar-refractivity contribution in [3.05, 3.63) is 0 Å². The summed E-state index contributed by atoms with van der Waals surface area (Å²) in [5.74, 6) is -4.58. The van der Waals surface area contributed by atoms with Crippen LogP contribution in [0, 0.1) is 5.92 Å². The minimum Gasteiger partial charge on any atom is -0.480 e. The lowest BCUT2D eigenvalue weighted by molar-refractivity contribution is -0.142. The second-order valence-electron chi connectivity index (χ2n) is 8.08. The molecule has 15 heteroatoms. The van der Waals surface area contributed by atoms with Gasteiger partial charge in [0.05, 0.1) is 6.04 Å². The predicted molar refractivity (Wildman–Crippen MR) is 133 cm³/mol. The Balaban J connectivity index is 5.57. The molecule has 0 saturated carbocycles. The van der Waals surface area contributed by atoms with Gasteiger partial charge in [0.1, 0.15) is 18.1 Å². The molecule has 5 atom stereocenters. The molecule has 0 bridgehead atoms. The van der Waals surface area contributed by atoms with Crippen LogP contribution >= 0.6 is 12.6 Å². The van der Waals surface area contributed by atoms with Gasteiger partial charge in [0.15, 0.2) is 5.96 Å². The molecule has 0 rings (SSSR count). The number of aliphatic imine (C=N–C) groups is 1. The number of carbonyl (C=O) groups is 5. The number of nitrogens with one attached hydrogen (secondary N) is 3. The number of nitrogens with two attached hydrogens (primary N) is 4. The Morgan fingerprint density at radius 2 is 1.54 bits per heavy atom. The Kier molecular flexibility index (Phi) is 15.1. The van der Waals surface area contributed by atoms with Gasteiger partial charge in [-0.1, -0.05) is 20.3 Å². The molecule has 0 aliphatic carbocycles. The molecule has 0 aromatic carbocycles. The summed E-state index contributed by atoms with van der Waals surface area (Å²) < 4.78 is 0. The SMILES string of the molecule is CCC(C)C(NC(=O)C(CCCN=C(N)N)NC(=O)C(N)CCC(N)=O)C(=O)NC(CS)C(=O)O. The lowest BCUT2D eigenvalue weighted by Gasteiger charge is -2.28. The average Bonchev–Trinajstić information content (AvgIpc) is 2.79. The van der Waals surface area contributed by atoms with Crippen molar-refractivity contribution < 1.29 is 29.1 Å². The Labute approximate surface area is 209 Å². The smallest absolute Gasteiger partial charge is 0.327 e. The zero-order valence-corrected chi connectivity index (χ0v) is 20.9. The molecule has 0 radical (unpaired) electrons. The zero-order valence-electron chi connectivity index (χ0n) is 20.0. The van der Waals surface area contributed by atoms with Crippen LogP contribution in [0.2, 0.25) is 0 Å². The van der Waals surface area contributed by atoms with Crippen molar-refractivity contribution in [3.63, 3.8) is 0 Å². The van der Waals surface area contributed by atoms with Gasteiger partial charge in [-0.05, 0) is 25.2 Å².